The van der Waals surface area contributed by atoms with Crippen LogP contribution >= 0.6 is 0 Å². The van der Waals surface area contributed by atoms with Crippen molar-refractivity contribution in [3.05, 3.63) is 23.8 Å². The molecule has 1 aromatic rings. The lowest BCUT2D eigenvalue weighted by molar-refractivity contribution is -0.125. The van der Waals surface area contributed by atoms with Crippen molar-refractivity contribution in [2.24, 2.45) is 5.41 Å². The van der Waals surface area contributed by atoms with Gasteiger partial charge in [0.2, 0.25) is 0 Å². The van der Waals surface area contributed by atoms with E-state index in [0.717, 1.165) is 0 Å². The molecule has 0 saturated heterocycles. The summed E-state index contributed by atoms with van der Waals surface area (Å²) in [6.45, 7) is 5.31. The summed E-state index contributed by atoms with van der Waals surface area (Å²) in [6.07, 6.45) is -0.171. The van der Waals surface area contributed by atoms with Gasteiger partial charge in [0.25, 0.3) is 0 Å². The Hall–Kier alpha value is -1.84. The zero-order valence-corrected chi connectivity index (χ0v) is 11.1. The molecule has 0 saturated carbocycles. The Labute approximate surface area is 107 Å². The molecule has 4 nitrogen and oxygen atoms in total. The Bertz CT molecular complexity index is 469. The Morgan fingerprint density at radius 1 is 1.22 bits per heavy atom. The first-order chi connectivity index (χ1) is 8.24. The molecule has 0 aliphatic carbocycles. The van der Waals surface area contributed by atoms with Crippen molar-refractivity contribution in [3.63, 3.8) is 0 Å². The molecule has 0 bridgehead atoms. The monoisotopic (exact) mass is 250 g/mol. The van der Waals surface area contributed by atoms with Gasteiger partial charge in [-0.2, -0.15) is 0 Å². The minimum Gasteiger partial charge on any atom is -0.508 e. The van der Waals surface area contributed by atoms with E-state index in [9.17, 15) is 14.7 Å². The fourth-order valence-electron chi connectivity index (χ4n) is 1.38. The molecule has 4 heteroatoms. The molecule has 98 valence electrons. The van der Waals surface area contributed by atoms with Gasteiger partial charge in [0.1, 0.15) is 17.3 Å². The first-order valence-corrected chi connectivity index (χ1v) is 5.68. The van der Waals surface area contributed by atoms with Crippen molar-refractivity contribution in [2.75, 3.05) is 7.11 Å². The Morgan fingerprint density at radius 3 is 2.33 bits per heavy atom. The van der Waals surface area contributed by atoms with E-state index < -0.39 is 5.41 Å². The van der Waals surface area contributed by atoms with Crippen LogP contribution in [-0.4, -0.2) is 23.8 Å². The maximum atomic E-state index is 11.9. The molecule has 0 amide bonds. The normalized spacial score (nSPS) is 11.1. The van der Waals surface area contributed by atoms with Gasteiger partial charge in [0, 0.05) is 17.0 Å². The summed E-state index contributed by atoms with van der Waals surface area (Å²) in [5.74, 6) is -0.110. The van der Waals surface area contributed by atoms with E-state index in [1.165, 1.54) is 25.3 Å². The molecule has 0 spiro atoms. The van der Waals surface area contributed by atoms with Crippen LogP contribution in [0.25, 0.3) is 0 Å². The first kappa shape index (κ1) is 14.2. The highest BCUT2D eigenvalue weighted by atomic mass is 16.5. The topological polar surface area (TPSA) is 63.6 Å². The number of benzene rings is 1. The molecule has 18 heavy (non-hydrogen) atoms. The van der Waals surface area contributed by atoms with Gasteiger partial charge < -0.3 is 9.84 Å². The maximum Gasteiger partial charge on any atom is 0.170 e. The highest BCUT2D eigenvalue weighted by Gasteiger charge is 2.24. The minimum absolute atomic E-state index is 0.0547. The third-order valence-corrected chi connectivity index (χ3v) is 2.61. The van der Waals surface area contributed by atoms with E-state index in [1.54, 1.807) is 20.8 Å². The summed E-state index contributed by atoms with van der Waals surface area (Å²) in [6, 6.07) is 4.25. The second-order valence-electron chi connectivity index (χ2n) is 5.19. The molecule has 1 rings (SSSR count). The number of phenols is 1. The molecule has 0 unspecified atom stereocenters. The van der Waals surface area contributed by atoms with E-state index in [2.05, 4.69) is 0 Å². The SMILES string of the molecule is COc1cc(O)cc(C(=O)CC(=O)C(C)(C)C)c1. The third kappa shape index (κ3) is 3.58. The predicted octanol–water partition coefficient (Wildman–Crippen LogP) is 2.59. The van der Waals surface area contributed by atoms with Crippen molar-refractivity contribution in [1.29, 1.82) is 0 Å². The Kier molecular flexibility index (Phi) is 4.11. The summed E-state index contributed by atoms with van der Waals surface area (Å²) in [5.41, 5.74) is -0.263. The van der Waals surface area contributed by atoms with Gasteiger partial charge in [-0.05, 0) is 12.1 Å². The average Bonchev–Trinajstić information content (AvgIpc) is 2.26. The molecule has 0 atom stereocenters. The molecule has 0 radical (unpaired) electrons. The predicted molar refractivity (Wildman–Crippen MR) is 68.1 cm³/mol. The Balaban J connectivity index is 2.91. The van der Waals surface area contributed by atoms with E-state index in [4.69, 9.17) is 4.74 Å². The number of carbonyl (C=O) groups excluding carboxylic acids is 2. The average molecular weight is 250 g/mol. The zero-order valence-electron chi connectivity index (χ0n) is 11.1. The lowest BCUT2D eigenvalue weighted by Gasteiger charge is -2.15. The highest BCUT2D eigenvalue weighted by molar-refractivity contribution is 6.09. The molecule has 0 fully saturated rings. The van der Waals surface area contributed by atoms with Crippen molar-refractivity contribution < 1.29 is 19.4 Å². The number of hydrogen-bond acceptors (Lipinski definition) is 4. The van der Waals surface area contributed by atoms with E-state index in [1.807, 2.05) is 0 Å². The van der Waals surface area contributed by atoms with Crippen LogP contribution in [-0.2, 0) is 4.79 Å². The number of aromatic hydroxyl groups is 1. The molecule has 1 N–H and O–H groups in total. The summed E-state index contributed by atoms with van der Waals surface area (Å²) >= 11 is 0. The fourth-order valence-corrected chi connectivity index (χ4v) is 1.38. The second-order valence-corrected chi connectivity index (χ2v) is 5.19. The van der Waals surface area contributed by atoms with Gasteiger partial charge in [-0.15, -0.1) is 0 Å². The standard InChI is InChI=1S/C14H18O4/c1-14(2,3)13(17)8-12(16)9-5-10(15)7-11(6-9)18-4/h5-7,15H,8H2,1-4H3. The van der Waals surface area contributed by atoms with E-state index in [-0.39, 0.29) is 29.3 Å². The zero-order chi connectivity index (χ0) is 13.9. The maximum absolute atomic E-state index is 11.9. The van der Waals surface area contributed by atoms with Crippen LogP contribution in [0.5, 0.6) is 11.5 Å². The van der Waals surface area contributed by atoms with E-state index >= 15 is 0 Å². The summed E-state index contributed by atoms with van der Waals surface area (Å²) in [5, 5.41) is 9.45. The molecular weight excluding hydrogens is 232 g/mol. The summed E-state index contributed by atoms with van der Waals surface area (Å²) in [7, 11) is 1.45. The van der Waals surface area contributed by atoms with Crippen molar-refractivity contribution >= 4 is 11.6 Å². The molecule has 0 heterocycles. The lowest BCUT2D eigenvalue weighted by atomic mass is 9.87. The van der Waals surface area contributed by atoms with Gasteiger partial charge in [-0.1, -0.05) is 20.8 Å². The van der Waals surface area contributed by atoms with Crippen LogP contribution in [0.2, 0.25) is 0 Å². The number of Topliss-reactive ketones (excluding diaryl/α,β-unsaturated/α-hetero) is 2. The van der Waals surface area contributed by atoms with Gasteiger partial charge >= 0.3 is 0 Å². The minimum atomic E-state index is -0.545. The van der Waals surface area contributed by atoms with Crippen LogP contribution in [0.15, 0.2) is 18.2 Å². The Morgan fingerprint density at radius 2 is 1.83 bits per heavy atom. The van der Waals surface area contributed by atoms with Crippen molar-refractivity contribution in [2.45, 2.75) is 27.2 Å². The molecule has 0 aliphatic heterocycles. The quantitative estimate of drug-likeness (QED) is 0.659. The number of methoxy groups -OCH3 is 1. The van der Waals surface area contributed by atoms with Gasteiger partial charge in [-0.25, -0.2) is 0 Å². The first-order valence-electron chi connectivity index (χ1n) is 5.68. The van der Waals surface area contributed by atoms with Crippen LogP contribution in [0.1, 0.15) is 37.6 Å². The van der Waals surface area contributed by atoms with Crippen molar-refractivity contribution in [3.8, 4) is 11.5 Å². The lowest BCUT2D eigenvalue weighted by Crippen LogP contribution is -2.23. The number of ether oxygens (including phenoxy) is 1. The summed E-state index contributed by atoms with van der Waals surface area (Å²) < 4.78 is 4.96. The highest BCUT2D eigenvalue weighted by Crippen LogP contribution is 2.24. The second kappa shape index (κ2) is 5.21. The summed E-state index contributed by atoms with van der Waals surface area (Å²) in [4.78, 5) is 23.7. The number of ketones is 2. The van der Waals surface area contributed by atoms with Crippen LogP contribution in [0.4, 0.5) is 0 Å². The molecule has 0 aromatic heterocycles. The van der Waals surface area contributed by atoms with Crippen LogP contribution in [0, 0.1) is 5.41 Å². The fraction of sp³-hybridized carbons (Fsp3) is 0.429. The van der Waals surface area contributed by atoms with E-state index in [0.29, 0.717) is 5.75 Å². The van der Waals surface area contributed by atoms with Gasteiger partial charge in [-0.3, -0.25) is 9.59 Å². The third-order valence-electron chi connectivity index (χ3n) is 2.61. The molecular formula is C14H18O4. The number of carbonyl (C=O) groups is 2. The smallest absolute Gasteiger partial charge is 0.170 e. The number of hydrogen-bond donors (Lipinski definition) is 1. The van der Waals surface area contributed by atoms with Crippen LogP contribution in [0.3, 0.4) is 0 Å². The van der Waals surface area contributed by atoms with Gasteiger partial charge in [0.05, 0.1) is 13.5 Å². The number of rotatable bonds is 4. The van der Waals surface area contributed by atoms with Crippen molar-refractivity contribution in [1.82, 2.24) is 0 Å². The largest absolute Gasteiger partial charge is 0.508 e. The molecule has 0 aliphatic rings. The number of phenolic OH excluding ortho intramolecular Hbond substituents is 1. The molecule has 1 aromatic carbocycles. The van der Waals surface area contributed by atoms with Gasteiger partial charge in [0.15, 0.2) is 5.78 Å². The van der Waals surface area contributed by atoms with Crippen LogP contribution < -0.4 is 4.74 Å².